The Morgan fingerprint density at radius 2 is 1.95 bits per heavy atom. The molecule has 2 nitrogen and oxygen atoms in total. The van der Waals surface area contributed by atoms with Gasteiger partial charge in [-0.1, -0.05) is 17.7 Å². The monoisotopic (exact) mass is 261 g/mol. The van der Waals surface area contributed by atoms with E-state index in [1.807, 2.05) is 0 Å². The number of benzene rings is 1. The van der Waals surface area contributed by atoms with Crippen LogP contribution in [0.4, 0.5) is 0 Å². The molecule has 0 bridgehead atoms. The molecular weight excluding hydrogens is 234 g/mol. The van der Waals surface area contributed by atoms with Gasteiger partial charge in [0.05, 0.1) is 6.61 Å². The molecule has 0 spiro atoms. The van der Waals surface area contributed by atoms with Crippen molar-refractivity contribution in [1.29, 1.82) is 0 Å². The van der Waals surface area contributed by atoms with Crippen molar-refractivity contribution in [3.8, 4) is 0 Å². The van der Waals surface area contributed by atoms with Crippen LogP contribution in [0.3, 0.4) is 0 Å². The van der Waals surface area contributed by atoms with E-state index >= 15 is 0 Å². The van der Waals surface area contributed by atoms with Gasteiger partial charge in [0.1, 0.15) is 0 Å². The fourth-order valence-electron chi connectivity index (χ4n) is 3.34. The van der Waals surface area contributed by atoms with Gasteiger partial charge >= 0.3 is 0 Å². The molecule has 0 amide bonds. The van der Waals surface area contributed by atoms with E-state index in [4.69, 9.17) is 4.74 Å². The molecule has 0 aliphatic carbocycles. The van der Waals surface area contributed by atoms with Crippen LogP contribution in [-0.2, 0) is 11.2 Å². The van der Waals surface area contributed by atoms with E-state index in [-0.39, 0.29) is 0 Å². The molecule has 1 fully saturated rings. The number of likely N-dealkylation sites (N-methyl/N-ethyl adjacent to an activating group) is 1. The topological polar surface area (TPSA) is 21.3 Å². The van der Waals surface area contributed by atoms with Crippen molar-refractivity contribution < 1.29 is 4.74 Å². The number of hydrogen-bond donors (Lipinski definition) is 1. The Balaban J connectivity index is 2.13. The molecule has 1 aromatic carbocycles. The minimum Gasteiger partial charge on any atom is -0.381 e. The Labute approximate surface area is 117 Å². The van der Waals surface area contributed by atoms with Crippen LogP contribution >= 0.6 is 0 Å². The van der Waals surface area contributed by atoms with Crippen LogP contribution in [0.1, 0.15) is 35.1 Å². The van der Waals surface area contributed by atoms with Gasteiger partial charge in [-0.3, -0.25) is 0 Å². The van der Waals surface area contributed by atoms with Gasteiger partial charge in [0.25, 0.3) is 0 Å². The molecule has 2 unspecified atom stereocenters. The molecule has 0 radical (unpaired) electrons. The molecular formula is C17H27NO. The highest BCUT2D eigenvalue weighted by molar-refractivity contribution is 5.38. The summed E-state index contributed by atoms with van der Waals surface area (Å²) in [5.74, 6) is 0.652. The van der Waals surface area contributed by atoms with Crippen LogP contribution in [0.5, 0.6) is 0 Å². The first-order valence-electron chi connectivity index (χ1n) is 7.43. The third-order valence-electron chi connectivity index (χ3n) is 4.40. The summed E-state index contributed by atoms with van der Waals surface area (Å²) < 4.78 is 5.64. The van der Waals surface area contributed by atoms with Crippen molar-refractivity contribution in [1.82, 2.24) is 5.32 Å². The number of aryl methyl sites for hydroxylation is 3. The highest BCUT2D eigenvalue weighted by atomic mass is 16.5. The number of nitrogens with one attached hydrogen (secondary N) is 1. The summed E-state index contributed by atoms with van der Waals surface area (Å²) in [4.78, 5) is 0. The zero-order valence-corrected chi connectivity index (χ0v) is 12.8. The molecule has 1 aliphatic heterocycles. The summed E-state index contributed by atoms with van der Waals surface area (Å²) in [6.07, 6.45) is 3.60. The summed E-state index contributed by atoms with van der Waals surface area (Å²) >= 11 is 0. The van der Waals surface area contributed by atoms with Crippen molar-refractivity contribution in [3.05, 3.63) is 34.4 Å². The van der Waals surface area contributed by atoms with Gasteiger partial charge in [-0.25, -0.2) is 0 Å². The van der Waals surface area contributed by atoms with Gasteiger partial charge in [0.2, 0.25) is 0 Å². The second kappa shape index (κ2) is 6.53. The molecule has 19 heavy (non-hydrogen) atoms. The van der Waals surface area contributed by atoms with Crippen molar-refractivity contribution in [3.63, 3.8) is 0 Å². The second-order valence-electron chi connectivity index (χ2n) is 5.95. The molecule has 2 rings (SSSR count). The Kier molecular flexibility index (Phi) is 5.00. The van der Waals surface area contributed by atoms with Crippen molar-refractivity contribution >= 4 is 0 Å². The SMILES string of the molecule is CNC(Cc1c(C)cc(C)cc1C)C1CCCOC1. The van der Waals surface area contributed by atoms with Crippen LogP contribution in [0.25, 0.3) is 0 Å². The summed E-state index contributed by atoms with van der Waals surface area (Å²) in [5.41, 5.74) is 5.72. The zero-order chi connectivity index (χ0) is 13.8. The summed E-state index contributed by atoms with van der Waals surface area (Å²) in [6, 6.07) is 5.12. The zero-order valence-electron chi connectivity index (χ0n) is 12.8. The predicted molar refractivity (Wildman–Crippen MR) is 80.7 cm³/mol. The number of ether oxygens (including phenoxy) is 1. The van der Waals surface area contributed by atoms with Gasteiger partial charge in [-0.15, -0.1) is 0 Å². The maximum absolute atomic E-state index is 5.64. The Bertz CT molecular complexity index is 398. The average Bonchev–Trinajstić information content (AvgIpc) is 2.39. The molecule has 0 saturated carbocycles. The van der Waals surface area contributed by atoms with Gasteiger partial charge < -0.3 is 10.1 Å². The van der Waals surface area contributed by atoms with Crippen molar-refractivity contribution in [2.24, 2.45) is 5.92 Å². The quantitative estimate of drug-likeness (QED) is 0.899. The van der Waals surface area contributed by atoms with Crippen LogP contribution in [0.2, 0.25) is 0 Å². The van der Waals surface area contributed by atoms with Gasteiger partial charge in [0, 0.05) is 12.6 Å². The maximum Gasteiger partial charge on any atom is 0.0509 e. The minimum atomic E-state index is 0.528. The molecule has 1 aromatic rings. The van der Waals surface area contributed by atoms with E-state index in [9.17, 15) is 0 Å². The molecule has 1 heterocycles. The Morgan fingerprint density at radius 1 is 1.26 bits per heavy atom. The summed E-state index contributed by atoms with van der Waals surface area (Å²) in [5, 5.41) is 3.51. The number of rotatable bonds is 4. The average molecular weight is 261 g/mol. The van der Waals surface area contributed by atoms with Crippen molar-refractivity contribution in [2.75, 3.05) is 20.3 Å². The largest absolute Gasteiger partial charge is 0.381 e. The Hall–Kier alpha value is -0.860. The van der Waals surface area contributed by atoms with Crippen LogP contribution < -0.4 is 5.32 Å². The van der Waals surface area contributed by atoms with Crippen LogP contribution in [0.15, 0.2) is 12.1 Å². The standard InChI is InChI=1S/C17H27NO/c1-12-8-13(2)16(14(3)9-12)10-17(18-4)15-6-5-7-19-11-15/h8-9,15,17-18H,5-7,10-11H2,1-4H3. The highest BCUT2D eigenvalue weighted by Gasteiger charge is 2.24. The second-order valence-corrected chi connectivity index (χ2v) is 5.95. The van der Waals surface area contributed by atoms with E-state index in [1.54, 1.807) is 0 Å². The lowest BCUT2D eigenvalue weighted by Gasteiger charge is -2.31. The first-order valence-corrected chi connectivity index (χ1v) is 7.43. The van der Waals surface area contributed by atoms with E-state index in [2.05, 4.69) is 45.3 Å². The Morgan fingerprint density at radius 3 is 2.47 bits per heavy atom. The maximum atomic E-state index is 5.64. The first-order chi connectivity index (χ1) is 9.11. The van der Waals surface area contributed by atoms with E-state index in [0.29, 0.717) is 12.0 Å². The number of hydrogen-bond acceptors (Lipinski definition) is 2. The lowest BCUT2D eigenvalue weighted by molar-refractivity contribution is 0.0404. The molecule has 2 atom stereocenters. The fourth-order valence-corrected chi connectivity index (χ4v) is 3.34. The minimum absolute atomic E-state index is 0.528. The van der Waals surface area contributed by atoms with Gasteiger partial charge in [-0.2, -0.15) is 0 Å². The summed E-state index contributed by atoms with van der Waals surface area (Å²) in [6.45, 7) is 8.50. The third-order valence-corrected chi connectivity index (χ3v) is 4.40. The molecule has 1 saturated heterocycles. The van der Waals surface area contributed by atoms with Gasteiger partial charge in [0.15, 0.2) is 0 Å². The smallest absolute Gasteiger partial charge is 0.0509 e. The molecule has 1 N–H and O–H groups in total. The first kappa shape index (κ1) is 14.5. The fraction of sp³-hybridized carbons (Fsp3) is 0.647. The summed E-state index contributed by atoms with van der Waals surface area (Å²) in [7, 11) is 2.08. The third kappa shape index (κ3) is 3.58. The predicted octanol–water partition coefficient (Wildman–Crippen LogP) is 3.17. The van der Waals surface area contributed by atoms with Crippen molar-refractivity contribution in [2.45, 2.75) is 46.1 Å². The molecule has 2 heteroatoms. The van der Waals surface area contributed by atoms with E-state index in [1.165, 1.54) is 35.1 Å². The van der Waals surface area contributed by atoms with E-state index < -0.39 is 0 Å². The van der Waals surface area contributed by atoms with E-state index in [0.717, 1.165) is 19.6 Å². The van der Waals surface area contributed by atoms with Crippen LogP contribution in [-0.4, -0.2) is 26.3 Å². The van der Waals surface area contributed by atoms with Crippen LogP contribution in [0, 0.1) is 26.7 Å². The lowest BCUT2D eigenvalue weighted by Crippen LogP contribution is -2.40. The lowest BCUT2D eigenvalue weighted by atomic mass is 9.86. The molecule has 106 valence electrons. The normalized spacial score (nSPS) is 21.4. The highest BCUT2D eigenvalue weighted by Crippen LogP contribution is 2.24. The molecule has 0 aromatic heterocycles. The molecule has 1 aliphatic rings. The van der Waals surface area contributed by atoms with Gasteiger partial charge in [-0.05, 0) is 69.7 Å².